The van der Waals surface area contributed by atoms with E-state index in [1.165, 1.54) is 5.56 Å². The summed E-state index contributed by atoms with van der Waals surface area (Å²) in [5.74, 6) is 1.76. The van der Waals surface area contributed by atoms with E-state index in [1.807, 2.05) is 43.3 Å². The van der Waals surface area contributed by atoms with E-state index in [0.717, 1.165) is 29.0 Å². The zero-order chi connectivity index (χ0) is 22.7. The van der Waals surface area contributed by atoms with Crippen molar-refractivity contribution in [3.63, 3.8) is 0 Å². The van der Waals surface area contributed by atoms with Crippen LogP contribution < -0.4 is 9.64 Å². The zero-order valence-corrected chi connectivity index (χ0v) is 19.7. The van der Waals surface area contributed by atoms with Crippen LogP contribution >= 0.6 is 11.8 Å². The molecule has 6 nitrogen and oxygen atoms in total. The number of ether oxygens (including phenoxy) is 1. The number of aromatic nitrogens is 3. The van der Waals surface area contributed by atoms with E-state index in [9.17, 15) is 4.79 Å². The maximum Gasteiger partial charge on any atom is 0.247 e. The molecule has 2 heterocycles. The van der Waals surface area contributed by atoms with Crippen molar-refractivity contribution in [2.24, 2.45) is 5.92 Å². The molecule has 1 aliphatic heterocycles. The minimum absolute atomic E-state index is 0.0304. The topological polar surface area (TPSA) is 68.2 Å². The number of para-hydroxylation sites is 1. The molecule has 0 bridgehead atoms. The van der Waals surface area contributed by atoms with E-state index >= 15 is 0 Å². The van der Waals surface area contributed by atoms with Crippen LogP contribution in [-0.2, 0) is 11.2 Å². The summed E-state index contributed by atoms with van der Waals surface area (Å²) in [6.45, 7) is 8.29. The first-order valence-electron chi connectivity index (χ1n) is 11.1. The van der Waals surface area contributed by atoms with E-state index in [0.29, 0.717) is 29.1 Å². The SMILES string of the molecule is CCC(=O)N1c2ccccc2-c2nnc(SCC(C)C)nc2OC1c1ccc(CC)cc1. The lowest BCUT2D eigenvalue weighted by Crippen LogP contribution is -2.37. The van der Waals surface area contributed by atoms with Crippen LogP contribution in [0.25, 0.3) is 11.3 Å². The number of hydrogen-bond acceptors (Lipinski definition) is 6. The smallest absolute Gasteiger partial charge is 0.247 e. The van der Waals surface area contributed by atoms with Crippen molar-refractivity contribution in [1.82, 2.24) is 15.2 Å². The van der Waals surface area contributed by atoms with Crippen LogP contribution in [0, 0.1) is 5.92 Å². The van der Waals surface area contributed by atoms with Crippen molar-refractivity contribution in [3.05, 3.63) is 59.7 Å². The summed E-state index contributed by atoms with van der Waals surface area (Å²) < 4.78 is 6.46. The monoisotopic (exact) mass is 448 g/mol. The lowest BCUT2D eigenvalue weighted by molar-refractivity contribution is -0.120. The Balaban J connectivity index is 1.86. The zero-order valence-electron chi connectivity index (χ0n) is 18.9. The number of carbonyl (C=O) groups excluding carboxylic acids is 1. The van der Waals surface area contributed by atoms with Gasteiger partial charge in [0.2, 0.25) is 23.2 Å². The van der Waals surface area contributed by atoms with Crippen molar-refractivity contribution in [2.75, 3.05) is 10.7 Å². The van der Waals surface area contributed by atoms with Gasteiger partial charge in [0.15, 0.2) is 5.69 Å². The third kappa shape index (κ3) is 4.48. The van der Waals surface area contributed by atoms with Gasteiger partial charge in [-0.05, 0) is 24.0 Å². The number of hydrogen-bond donors (Lipinski definition) is 0. The largest absolute Gasteiger partial charge is 0.447 e. The van der Waals surface area contributed by atoms with Crippen molar-refractivity contribution < 1.29 is 9.53 Å². The Kier molecular flexibility index (Phi) is 6.74. The van der Waals surface area contributed by atoms with Crippen LogP contribution in [0.1, 0.15) is 51.5 Å². The summed E-state index contributed by atoms with van der Waals surface area (Å²) in [5.41, 5.74) is 4.21. The average molecular weight is 449 g/mol. The summed E-state index contributed by atoms with van der Waals surface area (Å²) in [6.07, 6.45) is 0.657. The molecule has 1 aromatic heterocycles. The molecule has 3 aromatic rings. The number of thioether (sulfide) groups is 1. The fraction of sp³-hybridized carbons (Fsp3) is 0.360. The Morgan fingerprint density at radius 1 is 1.09 bits per heavy atom. The normalized spacial score (nSPS) is 15.0. The van der Waals surface area contributed by atoms with Gasteiger partial charge in [0.05, 0.1) is 5.69 Å². The third-order valence-electron chi connectivity index (χ3n) is 5.30. The summed E-state index contributed by atoms with van der Waals surface area (Å²) >= 11 is 1.56. The first-order chi connectivity index (χ1) is 15.5. The fourth-order valence-electron chi connectivity index (χ4n) is 3.59. The molecule has 32 heavy (non-hydrogen) atoms. The maximum atomic E-state index is 13.2. The van der Waals surface area contributed by atoms with Gasteiger partial charge in [-0.1, -0.05) is 81.9 Å². The van der Waals surface area contributed by atoms with Gasteiger partial charge in [-0.2, -0.15) is 4.98 Å². The van der Waals surface area contributed by atoms with E-state index < -0.39 is 6.23 Å². The molecule has 0 aliphatic carbocycles. The van der Waals surface area contributed by atoms with Crippen LogP contribution in [0.5, 0.6) is 5.88 Å². The highest BCUT2D eigenvalue weighted by Gasteiger charge is 2.35. The molecular weight excluding hydrogens is 420 g/mol. The molecule has 0 N–H and O–H groups in total. The van der Waals surface area contributed by atoms with Gasteiger partial charge in [0.1, 0.15) is 0 Å². The number of aryl methyl sites for hydroxylation is 1. The first kappa shape index (κ1) is 22.3. The Morgan fingerprint density at radius 2 is 1.84 bits per heavy atom. The lowest BCUT2D eigenvalue weighted by atomic mass is 10.1. The second-order valence-electron chi connectivity index (χ2n) is 8.15. The molecule has 1 unspecified atom stereocenters. The molecule has 7 heteroatoms. The van der Waals surface area contributed by atoms with Crippen molar-refractivity contribution in [1.29, 1.82) is 0 Å². The van der Waals surface area contributed by atoms with Gasteiger partial charge in [0.25, 0.3) is 0 Å². The van der Waals surface area contributed by atoms with Gasteiger partial charge < -0.3 is 4.74 Å². The Hall–Kier alpha value is -2.93. The Morgan fingerprint density at radius 3 is 2.53 bits per heavy atom. The number of fused-ring (bicyclic) bond motifs is 3. The highest BCUT2D eigenvalue weighted by molar-refractivity contribution is 7.99. The Bertz CT molecular complexity index is 1100. The van der Waals surface area contributed by atoms with Gasteiger partial charge in [-0.25, -0.2) is 0 Å². The van der Waals surface area contributed by atoms with E-state index in [4.69, 9.17) is 9.72 Å². The second-order valence-corrected chi connectivity index (χ2v) is 9.14. The molecule has 1 amide bonds. The van der Waals surface area contributed by atoms with Crippen molar-refractivity contribution >= 4 is 23.4 Å². The highest BCUT2D eigenvalue weighted by Crippen LogP contribution is 2.43. The van der Waals surface area contributed by atoms with Crippen molar-refractivity contribution in [2.45, 2.75) is 51.9 Å². The van der Waals surface area contributed by atoms with Crippen LogP contribution in [-0.4, -0.2) is 26.8 Å². The number of rotatable bonds is 6. The molecule has 2 aromatic carbocycles. The highest BCUT2D eigenvalue weighted by atomic mass is 32.2. The van der Waals surface area contributed by atoms with E-state index in [1.54, 1.807) is 16.7 Å². The number of amides is 1. The molecular formula is C25H28N4O2S. The first-order valence-corrected chi connectivity index (χ1v) is 12.0. The summed E-state index contributed by atoms with van der Waals surface area (Å²) in [6, 6.07) is 15.9. The molecule has 0 radical (unpaired) electrons. The molecule has 1 atom stereocenters. The van der Waals surface area contributed by atoms with E-state index in [-0.39, 0.29) is 5.91 Å². The maximum absolute atomic E-state index is 13.2. The third-order valence-corrected chi connectivity index (χ3v) is 6.57. The lowest BCUT2D eigenvalue weighted by Gasteiger charge is -2.30. The predicted molar refractivity (Wildman–Crippen MR) is 128 cm³/mol. The van der Waals surface area contributed by atoms with Gasteiger partial charge in [-0.15, -0.1) is 10.2 Å². The van der Waals surface area contributed by atoms with Crippen molar-refractivity contribution in [3.8, 4) is 17.1 Å². The minimum atomic E-state index is -0.643. The predicted octanol–water partition coefficient (Wildman–Crippen LogP) is 5.68. The molecule has 4 rings (SSSR count). The number of nitrogens with zero attached hydrogens (tertiary/aromatic N) is 4. The Labute approximate surface area is 193 Å². The quantitative estimate of drug-likeness (QED) is 0.452. The average Bonchev–Trinajstić information content (AvgIpc) is 2.96. The number of benzene rings is 2. The van der Waals surface area contributed by atoms with Crippen LogP contribution in [0.3, 0.4) is 0 Å². The van der Waals surface area contributed by atoms with Crippen LogP contribution in [0.4, 0.5) is 5.69 Å². The molecule has 0 saturated heterocycles. The summed E-state index contributed by atoms with van der Waals surface area (Å²) in [5, 5.41) is 9.39. The summed E-state index contributed by atoms with van der Waals surface area (Å²) in [7, 11) is 0. The molecule has 0 spiro atoms. The second kappa shape index (κ2) is 9.69. The van der Waals surface area contributed by atoms with Crippen LogP contribution in [0.15, 0.2) is 53.7 Å². The molecule has 0 saturated carbocycles. The number of anilines is 1. The molecule has 1 aliphatic rings. The standard InChI is InChI=1S/C25H28N4O2S/c1-5-17-11-13-18(14-12-17)24-29(21(30)6-2)20-10-8-7-9-19(20)22-23(31-24)26-25(28-27-22)32-15-16(3)4/h7-14,16,24H,5-6,15H2,1-4H3. The summed E-state index contributed by atoms with van der Waals surface area (Å²) in [4.78, 5) is 19.6. The number of carbonyl (C=O) groups is 1. The van der Waals surface area contributed by atoms with Crippen LogP contribution in [0.2, 0.25) is 0 Å². The molecule has 166 valence electrons. The van der Waals surface area contributed by atoms with Gasteiger partial charge in [0, 0.05) is 23.3 Å². The van der Waals surface area contributed by atoms with E-state index in [2.05, 4.69) is 43.1 Å². The fourth-order valence-corrected chi connectivity index (χ4v) is 4.32. The van der Waals surface area contributed by atoms with Gasteiger partial charge in [-0.3, -0.25) is 9.69 Å². The van der Waals surface area contributed by atoms with Gasteiger partial charge >= 0.3 is 0 Å². The molecule has 0 fully saturated rings. The minimum Gasteiger partial charge on any atom is -0.447 e.